The third kappa shape index (κ3) is 6.13. The maximum absolute atomic E-state index is 13.8. The molecule has 13 nitrogen and oxygen atoms in total. The molecular weight excluding hydrogens is 544 g/mol. The van der Waals surface area contributed by atoms with Crippen molar-refractivity contribution in [2.24, 2.45) is 17.8 Å². The molecule has 7 atom stereocenters. The van der Waals surface area contributed by atoms with Crippen molar-refractivity contribution in [2.45, 2.75) is 87.3 Å². The number of allylic oxidation sites excluding steroid dienone is 1. The van der Waals surface area contributed by atoms with Crippen LogP contribution in [-0.4, -0.2) is 96.1 Å². The molecule has 2 saturated carbocycles. The smallest absolute Gasteiger partial charge is 0.405 e. The zero-order valence-electron chi connectivity index (χ0n) is 23.1. The molecule has 2 heterocycles. The van der Waals surface area contributed by atoms with Crippen molar-refractivity contribution in [1.82, 2.24) is 20.3 Å². The molecule has 1 saturated heterocycles. The van der Waals surface area contributed by atoms with E-state index in [1.165, 1.54) is 7.11 Å². The van der Waals surface area contributed by atoms with Crippen LogP contribution in [0.1, 0.15) is 58.8 Å². The van der Waals surface area contributed by atoms with Crippen molar-refractivity contribution < 1.29 is 42.5 Å². The lowest BCUT2D eigenvalue weighted by atomic mass is 9.87. The van der Waals surface area contributed by atoms with Crippen LogP contribution in [0.2, 0.25) is 0 Å². The van der Waals surface area contributed by atoms with Gasteiger partial charge in [0.2, 0.25) is 21.8 Å². The Balaban J connectivity index is 1.66. The molecule has 4 rings (SSSR count). The molecule has 14 heteroatoms. The standard InChI is InChI=1S/C26H40N4O9S/c1-15-6-4-5-7-17-12-26(17,23(34)29-40(37,38)25(2)8-9-25)28-21(32)19-11-18(31)13-30(19)22(33)20(27-24(35)36)16(10-15)14-39-3/h5,7,15-20,27,31H,4,6,8-14H2,1-3H3,(H,28,32)(H,29,34)(H,35,36)/b7-5-/t15-,16+,17-,18-,19+,20+,26-/m1/s1. The van der Waals surface area contributed by atoms with Crippen molar-refractivity contribution in [1.29, 1.82) is 0 Å². The average Bonchev–Trinajstić information content (AvgIpc) is 3.75. The lowest BCUT2D eigenvalue weighted by Gasteiger charge is -2.33. The van der Waals surface area contributed by atoms with Crippen LogP contribution >= 0.6 is 0 Å². The van der Waals surface area contributed by atoms with Gasteiger partial charge in [-0.05, 0) is 51.4 Å². The summed E-state index contributed by atoms with van der Waals surface area (Å²) in [5, 5.41) is 25.0. The van der Waals surface area contributed by atoms with Gasteiger partial charge in [0.25, 0.3) is 5.91 Å². The number of carbonyl (C=O) groups is 4. The summed E-state index contributed by atoms with van der Waals surface area (Å²) in [6, 6.07) is -2.41. The molecule has 40 heavy (non-hydrogen) atoms. The molecule has 0 aromatic rings. The van der Waals surface area contributed by atoms with Crippen LogP contribution in [0.3, 0.4) is 0 Å². The van der Waals surface area contributed by atoms with Gasteiger partial charge in [-0.1, -0.05) is 19.1 Å². The molecule has 224 valence electrons. The number of aliphatic hydroxyl groups excluding tert-OH is 1. The van der Waals surface area contributed by atoms with Crippen LogP contribution in [0.15, 0.2) is 12.2 Å². The van der Waals surface area contributed by atoms with Gasteiger partial charge in [0.05, 0.1) is 17.5 Å². The first-order valence-corrected chi connectivity index (χ1v) is 15.2. The lowest BCUT2D eigenvalue weighted by Crippen LogP contribution is -2.59. The fraction of sp³-hybridized carbons (Fsp3) is 0.769. The monoisotopic (exact) mass is 584 g/mol. The third-order valence-corrected chi connectivity index (χ3v) is 10.9. The molecular formula is C26H40N4O9S. The van der Waals surface area contributed by atoms with Crippen LogP contribution in [0.5, 0.6) is 0 Å². The summed E-state index contributed by atoms with van der Waals surface area (Å²) in [6.45, 7) is 3.45. The van der Waals surface area contributed by atoms with Crippen LogP contribution in [0.25, 0.3) is 0 Å². The number of rotatable bonds is 6. The minimum atomic E-state index is -3.96. The van der Waals surface area contributed by atoms with E-state index >= 15 is 0 Å². The summed E-state index contributed by atoms with van der Waals surface area (Å²) in [5.74, 6) is -3.11. The Morgan fingerprint density at radius 2 is 1.95 bits per heavy atom. The van der Waals surface area contributed by atoms with Gasteiger partial charge in [0.15, 0.2) is 0 Å². The van der Waals surface area contributed by atoms with Gasteiger partial charge in [0, 0.05) is 31.9 Å². The molecule has 4 amide bonds. The summed E-state index contributed by atoms with van der Waals surface area (Å²) in [5.41, 5.74) is -1.52. The number of nitrogens with zero attached hydrogens (tertiary/aromatic N) is 1. The molecule has 0 aromatic heterocycles. The zero-order chi connectivity index (χ0) is 29.5. The Labute approximate surface area is 234 Å². The summed E-state index contributed by atoms with van der Waals surface area (Å²) >= 11 is 0. The summed E-state index contributed by atoms with van der Waals surface area (Å²) in [4.78, 5) is 53.6. The van der Waals surface area contributed by atoms with Gasteiger partial charge in [-0.25, -0.2) is 13.2 Å². The summed E-state index contributed by atoms with van der Waals surface area (Å²) < 4.78 is 32.1. The molecule has 0 unspecified atom stereocenters. The number of nitrogens with one attached hydrogen (secondary N) is 3. The van der Waals surface area contributed by atoms with Crippen molar-refractivity contribution in [3.63, 3.8) is 0 Å². The highest BCUT2D eigenvalue weighted by Crippen LogP contribution is 2.47. The van der Waals surface area contributed by atoms with Crippen LogP contribution in [0, 0.1) is 17.8 Å². The quantitative estimate of drug-likeness (QED) is 0.269. The maximum Gasteiger partial charge on any atom is 0.405 e. The van der Waals surface area contributed by atoms with Crippen molar-refractivity contribution in [3.05, 3.63) is 12.2 Å². The van der Waals surface area contributed by atoms with E-state index in [2.05, 4.69) is 15.4 Å². The molecule has 0 bridgehead atoms. The second kappa shape index (κ2) is 11.3. The van der Waals surface area contributed by atoms with E-state index in [-0.39, 0.29) is 31.9 Å². The zero-order valence-corrected chi connectivity index (χ0v) is 23.9. The molecule has 2 aliphatic heterocycles. The topological polar surface area (TPSA) is 191 Å². The highest BCUT2D eigenvalue weighted by Gasteiger charge is 2.63. The maximum atomic E-state index is 13.8. The largest absolute Gasteiger partial charge is 0.465 e. The number of carboxylic acid groups (broad SMARTS) is 1. The first kappa shape index (κ1) is 30.3. The SMILES string of the molecule is COC[C@@H]1C[C@H](C)CC/C=C\[C@@H]2C[C@@]2(C(=O)NS(=O)(=O)C2(C)CC2)NC(=O)[C@@H]2C[C@@H](O)CN2C(=O)[C@H]1NC(=O)O. The van der Waals surface area contributed by atoms with Gasteiger partial charge in [-0.2, -0.15) is 0 Å². The number of ether oxygens (including phenoxy) is 1. The second-order valence-corrected chi connectivity index (χ2v) is 14.2. The number of methoxy groups -OCH3 is 1. The number of hydrogen-bond donors (Lipinski definition) is 5. The molecule has 5 N–H and O–H groups in total. The first-order valence-electron chi connectivity index (χ1n) is 13.8. The fourth-order valence-corrected chi connectivity index (χ4v) is 7.17. The predicted octanol–water partition coefficient (Wildman–Crippen LogP) is 0.0966. The fourth-order valence-electron chi connectivity index (χ4n) is 5.86. The van der Waals surface area contributed by atoms with Crippen molar-refractivity contribution in [2.75, 3.05) is 20.3 Å². The predicted molar refractivity (Wildman–Crippen MR) is 142 cm³/mol. The summed E-state index contributed by atoms with van der Waals surface area (Å²) in [7, 11) is -2.50. The van der Waals surface area contributed by atoms with Gasteiger partial charge in [0.1, 0.15) is 17.6 Å². The van der Waals surface area contributed by atoms with E-state index in [0.29, 0.717) is 32.1 Å². The molecule has 3 fully saturated rings. The molecule has 4 aliphatic rings. The highest BCUT2D eigenvalue weighted by atomic mass is 32.2. The Morgan fingerprint density at radius 3 is 2.58 bits per heavy atom. The van der Waals surface area contributed by atoms with E-state index in [0.717, 1.165) is 4.90 Å². The first-order chi connectivity index (χ1) is 18.7. The van der Waals surface area contributed by atoms with E-state index in [1.807, 2.05) is 19.1 Å². The van der Waals surface area contributed by atoms with Crippen molar-refractivity contribution in [3.8, 4) is 0 Å². The number of amides is 4. The van der Waals surface area contributed by atoms with E-state index in [4.69, 9.17) is 4.74 Å². The number of aliphatic hydroxyl groups is 1. The highest BCUT2D eigenvalue weighted by molar-refractivity contribution is 7.91. The van der Waals surface area contributed by atoms with Gasteiger partial charge in [-0.3, -0.25) is 19.1 Å². The number of carbonyl (C=O) groups excluding carboxylic acids is 3. The number of hydrogen-bond acceptors (Lipinski definition) is 8. The molecule has 0 radical (unpaired) electrons. The van der Waals surface area contributed by atoms with E-state index in [9.17, 15) is 37.8 Å². The Bertz CT molecular complexity index is 1170. The Kier molecular flexibility index (Phi) is 8.53. The minimum Gasteiger partial charge on any atom is -0.465 e. The van der Waals surface area contributed by atoms with Gasteiger partial charge in [-0.15, -0.1) is 0 Å². The molecule has 2 aliphatic carbocycles. The van der Waals surface area contributed by atoms with Crippen LogP contribution < -0.4 is 15.4 Å². The lowest BCUT2D eigenvalue weighted by molar-refractivity contribution is -0.142. The van der Waals surface area contributed by atoms with Crippen molar-refractivity contribution >= 4 is 33.8 Å². The van der Waals surface area contributed by atoms with Crippen LogP contribution in [-0.2, 0) is 29.1 Å². The average molecular weight is 585 g/mol. The number of fused-ring (bicyclic) bond motifs is 2. The van der Waals surface area contributed by atoms with E-state index < -0.39 is 74.1 Å². The van der Waals surface area contributed by atoms with Crippen LogP contribution in [0.4, 0.5) is 4.79 Å². The second-order valence-electron chi connectivity index (χ2n) is 12.0. The number of sulfonamides is 1. The minimum absolute atomic E-state index is 0.0808. The van der Waals surface area contributed by atoms with Gasteiger partial charge < -0.3 is 30.5 Å². The normalized spacial score (nSPS) is 36.6. The Hall–Kier alpha value is -2.71. The third-order valence-electron chi connectivity index (χ3n) is 8.76. The molecule has 0 aromatic carbocycles. The summed E-state index contributed by atoms with van der Waals surface area (Å²) in [6.07, 6.45) is 4.01. The van der Waals surface area contributed by atoms with Gasteiger partial charge >= 0.3 is 6.09 Å². The molecule has 0 spiro atoms. The Morgan fingerprint density at radius 1 is 1.25 bits per heavy atom. The van der Waals surface area contributed by atoms with E-state index in [1.54, 1.807) is 6.92 Å².